The van der Waals surface area contributed by atoms with Crippen LogP contribution in [0, 0.1) is 6.92 Å². The molecule has 0 amide bonds. The maximum atomic E-state index is 10.7. The summed E-state index contributed by atoms with van der Waals surface area (Å²) < 4.78 is 15.8. The van der Waals surface area contributed by atoms with Gasteiger partial charge >= 0.3 is 5.97 Å². The largest absolute Gasteiger partial charge is 0.497 e. The van der Waals surface area contributed by atoms with Gasteiger partial charge < -0.3 is 19.3 Å². The predicted molar refractivity (Wildman–Crippen MR) is 128 cm³/mol. The highest BCUT2D eigenvalue weighted by Gasteiger charge is 2.08. The van der Waals surface area contributed by atoms with E-state index in [1.54, 1.807) is 32.0 Å². The van der Waals surface area contributed by atoms with Gasteiger partial charge in [-0.2, -0.15) is 0 Å². The number of hydrogen-bond acceptors (Lipinski definition) is 5. The lowest BCUT2D eigenvalue weighted by Crippen LogP contribution is -2.09. The Labute approximate surface area is 192 Å². The summed E-state index contributed by atoms with van der Waals surface area (Å²) in [6.45, 7) is 1.65. The zero-order valence-electron chi connectivity index (χ0n) is 18.3. The van der Waals surface area contributed by atoms with Gasteiger partial charge in [-0.3, -0.25) is 0 Å². The monoisotopic (exact) mass is 450 g/mol. The van der Waals surface area contributed by atoms with E-state index < -0.39 is 5.97 Å². The Morgan fingerprint density at radius 2 is 1.41 bits per heavy atom. The minimum absolute atomic E-state index is 0.345. The lowest BCUT2D eigenvalue weighted by atomic mass is 9.97. The summed E-state index contributed by atoms with van der Waals surface area (Å²) in [5.74, 6) is 1.97. The lowest BCUT2D eigenvalue weighted by Gasteiger charge is -2.12. The van der Waals surface area contributed by atoms with Gasteiger partial charge in [0, 0.05) is 10.6 Å². The molecule has 3 aromatic carbocycles. The second-order valence-electron chi connectivity index (χ2n) is 7.00. The molecule has 0 heterocycles. The quantitative estimate of drug-likeness (QED) is 0.400. The van der Waals surface area contributed by atoms with Gasteiger partial charge in [0.05, 0.1) is 14.2 Å². The van der Waals surface area contributed by atoms with E-state index in [0.29, 0.717) is 5.75 Å². The van der Waals surface area contributed by atoms with Gasteiger partial charge in [-0.1, -0.05) is 30.3 Å². The van der Waals surface area contributed by atoms with E-state index in [2.05, 4.69) is 30.3 Å². The van der Waals surface area contributed by atoms with E-state index in [4.69, 9.17) is 19.3 Å². The third kappa shape index (κ3) is 6.31. The maximum Gasteiger partial charge on any atom is 0.341 e. The molecule has 5 nitrogen and oxygen atoms in total. The topological polar surface area (TPSA) is 65.0 Å². The van der Waals surface area contributed by atoms with Crippen molar-refractivity contribution in [3.63, 3.8) is 0 Å². The lowest BCUT2D eigenvalue weighted by molar-refractivity contribution is -0.139. The van der Waals surface area contributed by atoms with Gasteiger partial charge in [-0.25, -0.2) is 4.79 Å². The number of aryl methyl sites for hydroxylation is 1. The Morgan fingerprint density at radius 3 is 1.88 bits per heavy atom. The standard InChI is InChI=1S/C26H26O5S/c1-18-16-23(31-17-26(27)28)12-13-25(18)32-15-14-24(19-4-8-21(29-2)9-5-19)20-6-10-22(30-3)11-7-20/h4-14,16H,15,17H2,1-3H3,(H,27,28). The zero-order chi connectivity index (χ0) is 22.9. The van der Waals surface area contributed by atoms with Crippen LogP contribution in [0.1, 0.15) is 16.7 Å². The predicted octanol–water partition coefficient (Wildman–Crippen LogP) is 5.70. The van der Waals surface area contributed by atoms with Crippen molar-refractivity contribution in [2.75, 3.05) is 26.6 Å². The van der Waals surface area contributed by atoms with Crippen LogP contribution >= 0.6 is 11.8 Å². The number of carboxylic acid groups (broad SMARTS) is 1. The molecule has 0 saturated carbocycles. The molecule has 1 N–H and O–H groups in total. The molecule has 166 valence electrons. The van der Waals surface area contributed by atoms with E-state index in [1.807, 2.05) is 43.3 Å². The molecule has 0 radical (unpaired) electrons. The number of carboxylic acids is 1. The molecule has 6 heteroatoms. The molecular formula is C26H26O5S. The summed E-state index contributed by atoms with van der Waals surface area (Å²) in [6, 6.07) is 21.7. The fourth-order valence-corrected chi connectivity index (χ4v) is 4.06. The molecule has 0 aromatic heterocycles. The first kappa shape index (κ1) is 23.3. The first-order valence-electron chi connectivity index (χ1n) is 10.1. The van der Waals surface area contributed by atoms with Crippen LogP contribution < -0.4 is 14.2 Å². The molecular weight excluding hydrogens is 424 g/mol. The number of rotatable bonds is 10. The highest BCUT2D eigenvalue weighted by Crippen LogP contribution is 2.30. The molecule has 3 aromatic rings. The first-order chi connectivity index (χ1) is 15.5. The molecule has 0 saturated heterocycles. The number of benzene rings is 3. The van der Waals surface area contributed by atoms with E-state index in [9.17, 15) is 4.79 Å². The highest BCUT2D eigenvalue weighted by atomic mass is 32.2. The van der Waals surface area contributed by atoms with Crippen LogP contribution in [0.2, 0.25) is 0 Å². The van der Waals surface area contributed by atoms with Crippen LogP contribution in [-0.4, -0.2) is 37.7 Å². The second kappa shape index (κ2) is 11.3. The van der Waals surface area contributed by atoms with E-state index in [-0.39, 0.29) is 6.61 Å². The van der Waals surface area contributed by atoms with Crippen molar-refractivity contribution in [1.82, 2.24) is 0 Å². The van der Waals surface area contributed by atoms with Crippen molar-refractivity contribution in [3.05, 3.63) is 89.5 Å². The summed E-state index contributed by atoms with van der Waals surface area (Å²) in [5, 5.41) is 8.76. The Bertz CT molecular complexity index is 1020. The molecule has 32 heavy (non-hydrogen) atoms. The molecule has 0 atom stereocenters. The summed E-state index contributed by atoms with van der Waals surface area (Å²) in [4.78, 5) is 11.8. The van der Waals surface area contributed by atoms with Gasteiger partial charge in [0.2, 0.25) is 0 Å². The fraction of sp³-hybridized carbons (Fsp3) is 0.192. The number of methoxy groups -OCH3 is 2. The van der Waals surface area contributed by atoms with Gasteiger partial charge in [-0.05, 0) is 71.7 Å². The minimum atomic E-state index is -0.990. The van der Waals surface area contributed by atoms with Gasteiger partial charge in [0.25, 0.3) is 0 Å². The van der Waals surface area contributed by atoms with E-state index in [1.165, 1.54) is 0 Å². The molecule has 0 aliphatic rings. The van der Waals surface area contributed by atoms with E-state index in [0.717, 1.165) is 44.4 Å². The first-order valence-corrected chi connectivity index (χ1v) is 11.1. The zero-order valence-corrected chi connectivity index (χ0v) is 19.1. The van der Waals surface area contributed by atoms with Crippen molar-refractivity contribution in [2.24, 2.45) is 0 Å². The van der Waals surface area contributed by atoms with Crippen LogP contribution in [0.4, 0.5) is 0 Å². The number of carbonyl (C=O) groups is 1. The highest BCUT2D eigenvalue weighted by molar-refractivity contribution is 7.99. The fourth-order valence-electron chi connectivity index (χ4n) is 3.18. The molecule has 0 aliphatic carbocycles. The summed E-state index contributed by atoms with van der Waals surface area (Å²) in [6.07, 6.45) is 2.21. The molecule has 0 spiro atoms. The van der Waals surface area contributed by atoms with Crippen molar-refractivity contribution < 1.29 is 24.1 Å². The van der Waals surface area contributed by atoms with Gasteiger partial charge in [0.15, 0.2) is 6.61 Å². The smallest absolute Gasteiger partial charge is 0.341 e. The van der Waals surface area contributed by atoms with Crippen LogP contribution in [0.3, 0.4) is 0 Å². The van der Waals surface area contributed by atoms with Crippen molar-refractivity contribution in [1.29, 1.82) is 0 Å². The van der Waals surface area contributed by atoms with Gasteiger partial charge in [0.1, 0.15) is 17.2 Å². The Kier molecular flexibility index (Phi) is 8.22. The van der Waals surface area contributed by atoms with Crippen molar-refractivity contribution in [3.8, 4) is 17.2 Å². The van der Waals surface area contributed by atoms with Crippen LogP contribution in [0.25, 0.3) is 5.57 Å². The van der Waals surface area contributed by atoms with E-state index >= 15 is 0 Å². The average molecular weight is 451 g/mol. The van der Waals surface area contributed by atoms with Crippen LogP contribution in [0.5, 0.6) is 17.2 Å². The number of hydrogen-bond donors (Lipinski definition) is 1. The molecule has 0 bridgehead atoms. The number of thioether (sulfide) groups is 1. The summed E-state index contributed by atoms with van der Waals surface area (Å²) in [5.41, 5.74) is 4.38. The Balaban J connectivity index is 1.80. The summed E-state index contributed by atoms with van der Waals surface area (Å²) in [7, 11) is 3.32. The van der Waals surface area contributed by atoms with Gasteiger partial charge in [-0.15, -0.1) is 11.8 Å². The minimum Gasteiger partial charge on any atom is -0.497 e. The van der Waals surface area contributed by atoms with Crippen LogP contribution in [0.15, 0.2) is 77.7 Å². The summed E-state index contributed by atoms with van der Waals surface area (Å²) >= 11 is 1.72. The van der Waals surface area contributed by atoms with Crippen LogP contribution in [-0.2, 0) is 4.79 Å². The maximum absolute atomic E-state index is 10.7. The SMILES string of the molecule is COc1ccc(C(=CCSc2ccc(OCC(=O)O)cc2C)c2ccc(OC)cc2)cc1. The van der Waals surface area contributed by atoms with Crippen molar-refractivity contribution in [2.45, 2.75) is 11.8 Å². The second-order valence-corrected chi connectivity index (χ2v) is 8.06. The molecule has 3 rings (SSSR count). The number of ether oxygens (including phenoxy) is 3. The third-order valence-electron chi connectivity index (χ3n) is 4.84. The normalized spacial score (nSPS) is 10.3. The third-order valence-corrected chi connectivity index (χ3v) is 5.94. The number of aliphatic carboxylic acids is 1. The van der Waals surface area contributed by atoms with Crippen molar-refractivity contribution >= 4 is 23.3 Å². The molecule has 0 unspecified atom stereocenters. The average Bonchev–Trinajstić information content (AvgIpc) is 2.82. The Morgan fingerprint density at radius 1 is 0.875 bits per heavy atom. The molecule has 0 fully saturated rings. The molecule has 0 aliphatic heterocycles. The Hall–Kier alpha value is -3.38.